The van der Waals surface area contributed by atoms with Gasteiger partial charge >= 0.3 is 0 Å². The van der Waals surface area contributed by atoms with Gasteiger partial charge in [0, 0.05) is 29.5 Å². The first-order valence-electron chi connectivity index (χ1n) is 10.9. The van der Waals surface area contributed by atoms with E-state index in [0.29, 0.717) is 31.4 Å². The lowest BCUT2D eigenvalue weighted by Crippen LogP contribution is -2.48. The Morgan fingerprint density at radius 2 is 1.71 bits per heavy atom. The predicted molar refractivity (Wildman–Crippen MR) is 129 cm³/mol. The normalized spacial score (nSPS) is 11.8. The maximum Gasteiger partial charge on any atom is 0.251 e. The lowest BCUT2D eigenvalue weighted by Gasteiger charge is -2.19. The molecule has 2 aromatic carbocycles. The van der Waals surface area contributed by atoms with Crippen molar-refractivity contribution in [3.63, 3.8) is 0 Å². The van der Waals surface area contributed by atoms with Crippen LogP contribution in [0.5, 0.6) is 0 Å². The van der Waals surface area contributed by atoms with Crippen LogP contribution in [0.15, 0.2) is 48.5 Å². The highest BCUT2D eigenvalue weighted by atomic mass is 16.3. The SMILES string of the molecule is C[C@@H](O)[C@H](NC(=O)c1ccc(C#CC#Cc2cccc(CC(=O)CCCN)c2)cc1)C(=O)CO. The number of nitrogens with one attached hydrogen (secondary N) is 1. The third-order valence-electron chi connectivity index (χ3n) is 4.88. The van der Waals surface area contributed by atoms with Crippen LogP contribution in [0.3, 0.4) is 0 Å². The summed E-state index contributed by atoms with van der Waals surface area (Å²) in [5.41, 5.74) is 8.02. The number of aliphatic hydroxyl groups is 2. The van der Waals surface area contributed by atoms with E-state index in [4.69, 9.17) is 10.8 Å². The first-order valence-corrected chi connectivity index (χ1v) is 10.9. The van der Waals surface area contributed by atoms with Gasteiger partial charge in [-0.15, -0.1) is 0 Å². The summed E-state index contributed by atoms with van der Waals surface area (Å²) in [5.74, 6) is 10.3. The first-order chi connectivity index (χ1) is 16.3. The molecule has 0 heterocycles. The summed E-state index contributed by atoms with van der Waals surface area (Å²) in [4.78, 5) is 35.9. The minimum absolute atomic E-state index is 0.147. The monoisotopic (exact) mass is 460 g/mol. The van der Waals surface area contributed by atoms with E-state index < -0.39 is 30.4 Å². The number of carbonyl (C=O) groups is 3. The fourth-order valence-corrected chi connectivity index (χ4v) is 3.08. The average molecular weight is 461 g/mol. The number of benzene rings is 2. The van der Waals surface area contributed by atoms with E-state index >= 15 is 0 Å². The van der Waals surface area contributed by atoms with E-state index in [1.165, 1.54) is 6.92 Å². The van der Waals surface area contributed by atoms with Crippen LogP contribution in [0, 0.1) is 23.7 Å². The third kappa shape index (κ3) is 8.65. The Hall–Kier alpha value is -3.75. The molecule has 2 atom stereocenters. The van der Waals surface area contributed by atoms with Crippen LogP contribution in [0.25, 0.3) is 0 Å². The molecular formula is C27H28N2O5. The van der Waals surface area contributed by atoms with Crippen LogP contribution < -0.4 is 11.1 Å². The number of rotatable bonds is 10. The lowest BCUT2D eigenvalue weighted by molar-refractivity contribution is -0.126. The molecule has 0 spiro atoms. The van der Waals surface area contributed by atoms with Crippen molar-refractivity contribution < 1.29 is 24.6 Å². The molecule has 7 heteroatoms. The lowest BCUT2D eigenvalue weighted by atomic mass is 10.0. The number of hydrogen-bond donors (Lipinski definition) is 4. The summed E-state index contributed by atoms with van der Waals surface area (Å²) in [6.45, 7) is 1.08. The predicted octanol–water partition coefficient (Wildman–Crippen LogP) is 0.981. The van der Waals surface area contributed by atoms with Crippen LogP contribution in [-0.2, 0) is 16.0 Å². The molecule has 7 nitrogen and oxygen atoms in total. The van der Waals surface area contributed by atoms with E-state index in [9.17, 15) is 19.5 Å². The summed E-state index contributed by atoms with van der Waals surface area (Å²) in [6, 6.07) is 12.6. The zero-order valence-corrected chi connectivity index (χ0v) is 19.0. The van der Waals surface area contributed by atoms with Crippen molar-refractivity contribution in [2.75, 3.05) is 13.2 Å². The zero-order chi connectivity index (χ0) is 24.9. The summed E-state index contributed by atoms with van der Waals surface area (Å²) >= 11 is 0. The van der Waals surface area contributed by atoms with E-state index in [1.807, 2.05) is 24.3 Å². The Balaban J connectivity index is 2.00. The molecule has 0 bridgehead atoms. The first kappa shape index (κ1) is 26.5. The highest BCUT2D eigenvalue weighted by molar-refractivity contribution is 5.98. The van der Waals surface area contributed by atoms with E-state index in [0.717, 1.165) is 11.1 Å². The highest BCUT2D eigenvalue weighted by Gasteiger charge is 2.25. The Morgan fingerprint density at radius 3 is 2.32 bits per heavy atom. The summed E-state index contributed by atoms with van der Waals surface area (Å²) in [6.07, 6.45) is 0.378. The van der Waals surface area contributed by atoms with Crippen molar-refractivity contribution >= 4 is 17.5 Å². The fourth-order valence-electron chi connectivity index (χ4n) is 3.08. The number of amides is 1. The van der Waals surface area contributed by atoms with Gasteiger partial charge < -0.3 is 21.3 Å². The minimum Gasteiger partial charge on any atom is -0.391 e. The largest absolute Gasteiger partial charge is 0.391 e. The smallest absolute Gasteiger partial charge is 0.251 e. The van der Waals surface area contributed by atoms with E-state index in [2.05, 4.69) is 29.0 Å². The number of Topliss-reactive ketones (excluding diaryl/α,β-unsaturated/α-hetero) is 2. The Bertz CT molecular complexity index is 1130. The second-order valence-electron chi connectivity index (χ2n) is 7.70. The molecule has 0 aliphatic heterocycles. The topological polar surface area (TPSA) is 130 Å². The van der Waals surface area contributed by atoms with Crippen LogP contribution >= 0.6 is 0 Å². The molecule has 5 N–H and O–H groups in total. The zero-order valence-electron chi connectivity index (χ0n) is 19.0. The number of aliphatic hydroxyl groups excluding tert-OH is 2. The van der Waals surface area contributed by atoms with Gasteiger partial charge in [-0.3, -0.25) is 14.4 Å². The van der Waals surface area contributed by atoms with Gasteiger partial charge in [0.15, 0.2) is 5.78 Å². The second-order valence-corrected chi connectivity index (χ2v) is 7.70. The molecule has 2 rings (SSSR count). The molecule has 176 valence electrons. The van der Waals surface area contributed by atoms with Gasteiger partial charge in [-0.05, 0) is 73.7 Å². The van der Waals surface area contributed by atoms with Crippen molar-refractivity contribution in [2.45, 2.75) is 38.3 Å². The Kier molecular flexibility index (Phi) is 10.7. The minimum atomic E-state index is -1.19. The third-order valence-corrected chi connectivity index (χ3v) is 4.88. The van der Waals surface area contributed by atoms with Crippen LogP contribution in [0.2, 0.25) is 0 Å². The van der Waals surface area contributed by atoms with Gasteiger partial charge in [0.2, 0.25) is 0 Å². The summed E-state index contributed by atoms with van der Waals surface area (Å²) < 4.78 is 0. The van der Waals surface area contributed by atoms with Crippen molar-refractivity contribution in [2.24, 2.45) is 5.73 Å². The molecule has 0 saturated heterocycles. The fraction of sp³-hybridized carbons (Fsp3) is 0.296. The van der Waals surface area contributed by atoms with Crippen molar-refractivity contribution in [1.82, 2.24) is 5.32 Å². The number of hydrogen-bond acceptors (Lipinski definition) is 6. The average Bonchev–Trinajstić information content (AvgIpc) is 2.83. The molecule has 0 unspecified atom stereocenters. The van der Waals surface area contributed by atoms with Gasteiger partial charge in [-0.25, -0.2) is 0 Å². The van der Waals surface area contributed by atoms with E-state index in [-0.39, 0.29) is 11.3 Å². The van der Waals surface area contributed by atoms with Gasteiger partial charge in [0.25, 0.3) is 5.91 Å². The van der Waals surface area contributed by atoms with Crippen LogP contribution in [-0.4, -0.2) is 53.0 Å². The van der Waals surface area contributed by atoms with Crippen molar-refractivity contribution in [3.8, 4) is 23.7 Å². The maximum absolute atomic E-state index is 12.3. The van der Waals surface area contributed by atoms with Crippen LogP contribution in [0.1, 0.15) is 46.8 Å². The highest BCUT2D eigenvalue weighted by Crippen LogP contribution is 2.08. The van der Waals surface area contributed by atoms with Gasteiger partial charge in [-0.1, -0.05) is 24.0 Å². The van der Waals surface area contributed by atoms with Gasteiger partial charge in [0.1, 0.15) is 18.4 Å². The van der Waals surface area contributed by atoms with Crippen LogP contribution in [0.4, 0.5) is 0 Å². The molecule has 0 aliphatic rings. The van der Waals surface area contributed by atoms with Crippen molar-refractivity contribution in [1.29, 1.82) is 0 Å². The molecule has 1 amide bonds. The van der Waals surface area contributed by atoms with Gasteiger partial charge in [0.05, 0.1) is 6.10 Å². The quantitative estimate of drug-likeness (QED) is 0.391. The second kappa shape index (κ2) is 13.7. The van der Waals surface area contributed by atoms with Crippen molar-refractivity contribution in [3.05, 3.63) is 70.8 Å². The summed E-state index contributed by atoms with van der Waals surface area (Å²) in [7, 11) is 0. The molecule has 0 radical (unpaired) electrons. The molecule has 34 heavy (non-hydrogen) atoms. The molecule has 0 fully saturated rings. The molecule has 0 aliphatic carbocycles. The standard InChI is InChI=1S/C27H28N2O5/c1-19(31)26(25(33)18-30)29-27(34)23-13-11-20(12-14-23)6-2-3-7-21-8-4-9-22(16-21)17-24(32)10-5-15-28/h4,8-9,11-14,16,19,26,30-31H,5,10,15,17-18,28H2,1H3,(H,29,34)/t19-,26+/m1/s1. The number of ketones is 2. The van der Waals surface area contributed by atoms with E-state index in [1.54, 1.807) is 24.3 Å². The molecule has 0 saturated carbocycles. The Morgan fingerprint density at radius 1 is 1.03 bits per heavy atom. The van der Waals surface area contributed by atoms with Gasteiger partial charge in [-0.2, -0.15) is 0 Å². The Labute approximate surface area is 199 Å². The summed E-state index contributed by atoms with van der Waals surface area (Å²) in [5, 5.41) is 21.0. The molecule has 0 aromatic heterocycles. The molecule has 2 aromatic rings. The maximum atomic E-state index is 12.3. The molecular weight excluding hydrogens is 432 g/mol. The number of nitrogens with two attached hydrogens (primary N) is 1. The number of carbonyl (C=O) groups excluding carboxylic acids is 3.